The molecule has 2 aliphatic heterocycles. The lowest BCUT2D eigenvalue weighted by Gasteiger charge is -2.48. The van der Waals surface area contributed by atoms with Gasteiger partial charge in [0.05, 0.1) is 0 Å². The molecule has 1 saturated carbocycles. The number of piperazine rings is 1. The summed E-state index contributed by atoms with van der Waals surface area (Å²) >= 11 is 0. The largest absolute Gasteiger partial charge is 0.312 e. The van der Waals surface area contributed by atoms with Crippen LogP contribution in [-0.4, -0.2) is 60.6 Å². The van der Waals surface area contributed by atoms with E-state index in [0.717, 1.165) is 12.1 Å². The Bertz CT molecular complexity index is 341. The number of fused-ring (bicyclic) bond motifs is 1. The third-order valence-electron chi connectivity index (χ3n) is 6.26. The summed E-state index contributed by atoms with van der Waals surface area (Å²) in [6, 6.07) is 2.31. The third kappa shape index (κ3) is 3.30. The summed E-state index contributed by atoms with van der Waals surface area (Å²) in [7, 11) is 0. The van der Waals surface area contributed by atoms with Gasteiger partial charge in [0, 0.05) is 37.8 Å². The minimum Gasteiger partial charge on any atom is -0.312 e. The first kappa shape index (κ1) is 15.8. The molecular weight excluding hydrogens is 258 g/mol. The Hall–Kier alpha value is -0.120. The standard InChI is InChI=1S/C18H35N3/c1-4-10-19-17-16(8-9-18(17,2)3)21-13-12-20-11-6-5-7-15(20)14-21/h15-17,19H,4-14H2,1-3H3. The van der Waals surface area contributed by atoms with Crippen LogP contribution in [0, 0.1) is 5.41 Å². The summed E-state index contributed by atoms with van der Waals surface area (Å²) in [6.45, 7) is 13.7. The molecule has 3 nitrogen and oxygen atoms in total. The normalized spacial score (nSPS) is 37.6. The number of hydrogen-bond acceptors (Lipinski definition) is 3. The number of hydrogen-bond donors (Lipinski definition) is 1. The highest BCUT2D eigenvalue weighted by Crippen LogP contribution is 2.40. The Labute approximate surface area is 131 Å². The second-order valence-electron chi connectivity index (χ2n) is 8.21. The van der Waals surface area contributed by atoms with Crippen molar-refractivity contribution in [3.8, 4) is 0 Å². The third-order valence-corrected chi connectivity index (χ3v) is 6.26. The molecular formula is C18H35N3. The zero-order chi connectivity index (χ0) is 14.9. The summed E-state index contributed by atoms with van der Waals surface area (Å²) < 4.78 is 0. The molecule has 0 aromatic heterocycles. The molecule has 0 aromatic carbocycles. The molecule has 3 unspecified atom stereocenters. The van der Waals surface area contributed by atoms with Crippen molar-refractivity contribution in [3.63, 3.8) is 0 Å². The van der Waals surface area contributed by atoms with Crippen molar-refractivity contribution in [1.29, 1.82) is 0 Å². The van der Waals surface area contributed by atoms with Gasteiger partial charge in [0.2, 0.25) is 0 Å². The van der Waals surface area contributed by atoms with Crippen molar-refractivity contribution in [2.45, 2.75) is 77.4 Å². The van der Waals surface area contributed by atoms with E-state index in [2.05, 4.69) is 35.9 Å². The fraction of sp³-hybridized carbons (Fsp3) is 1.00. The van der Waals surface area contributed by atoms with Crippen molar-refractivity contribution < 1.29 is 0 Å². The fourth-order valence-corrected chi connectivity index (χ4v) is 4.95. The molecule has 3 atom stereocenters. The van der Waals surface area contributed by atoms with Crippen LogP contribution in [0.15, 0.2) is 0 Å². The zero-order valence-electron chi connectivity index (χ0n) is 14.4. The SMILES string of the molecule is CCCNC1C(N2CCN3CCCCC3C2)CCC1(C)C. The van der Waals surface area contributed by atoms with Gasteiger partial charge in [-0.3, -0.25) is 9.80 Å². The predicted octanol–water partition coefficient (Wildman–Crippen LogP) is 2.71. The van der Waals surface area contributed by atoms with Crippen LogP contribution >= 0.6 is 0 Å². The molecule has 0 amide bonds. The minimum atomic E-state index is 0.462. The molecule has 2 saturated heterocycles. The average Bonchev–Trinajstić information content (AvgIpc) is 2.79. The minimum absolute atomic E-state index is 0.462. The van der Waals surface area contributed by atoms with Crippen LogP contribution in [0.2, 0.25) is 0 Å². The quantitative estimate of drug-likeness (QED) is 0.860. The van der Waals surface area contributed by atoms with Crippen LogP contribution in [0.5, 0.6) is 0 Å². The van der Waals surface area contributed by atoms with Crippen molar-refractivity contribution in [1.82, 2.24) is 15.1 Å². The average molecular weight is 293 g/mol. The van der Waals surface area contributed by atoms with E-state index in [1.807, 2.05) is 0 Å². The van der Waals surface area contributed by atoms with E-state index in [0.29, 0.717) is 11.5 Å². The fourth-order valence-electron chi connectivity index (χ4n) is 4.95. The van der Waals surface area contributed by atoms with E-state index in [9.17, 15) is 0 Å². The molecule has 0 spiro atoms. The molecule has 3 rings (SSSR count). The van der Waals surface area contributed by atoms with Gasteiger partial charge in [-0.2, -0.15) is 0 Å². The van der Waals surface area contributed by atoms with Crippen molar-refractivity contribution in [2.24, 2.45) is 5.41 Å². The van der Waals surface area contributed by atoms with Crippen molar-refractivity contribution in [3.05, 3.63) is 0 Å². The lowest BCUT2D eigenvalue weighted by Crippen LogP contribution is -2.61. The van der Waals surface area contributed by atoms with Gasteiger partial charge in [-0.15, -0.1) is 0 Å². The number of rotatable bonds is 4. The monoisotopic (exact) mass is 293 g/mol. The van der Waals surface area contributed by atoms with Gasteiger partial charge in [-0.25, -0.2) is 0 Å². The summed E-state index contributed by atoms with van der Waals surface area (Å²) in [5.74, 6) is 0. The Balaban J connectivity index is 1.64. The molecule has 1 N–H and O–H groups in total. The summed E-state index contributed by atoms with van der Waals surface area (Å²) in [5.41, 5.74) is 0.462. The zero-order valence-corrected chi connectivity index (χ0v) is 14.4. The molecule has 3 fully saturated rings. The Morgan fingerprint density at radius 1 is 1.05 bits per heavy atom. The second-order valence-corrected chi connectivity index (χ2v) is 8.21. The molecule has 21 heavy (non-hydrogen) atoms. The van der Waals surface area contributed by atoms with Crippen LogP contribution in [0.4, 0.5) is 0 Å². The predicted molar refractivity (Wildman–Crippen MR) is 89.7 cm³/mol. The van der Waals surface area contributed by atoms with E-state index < -0.39 is 0 Å². The lowest BCUT2D eigenvalue weighted by molar-refractivity contribution is 0.0180. The smallest absolute Gasteiger partial charge is 0.0274 e. The van der Waals surface area contributed by atoms with Crippen LogP contribution in [-0.2, 0) is 0 Å². The molecule has 0 radical (unpaired) electrons. The van der Waals surface area contributed by atoms with Gasteiger partial charge < -0.3 is 5.32 Å². The highest BCUT2D eigenvalue weighted by Gasteiger charge is 2.45. The number of piperidine rings is 1. The van der Waals surface area contributed by atoms with Gasteiger partial charge in [0.25, 0.3) is 0 Å². The summed E-state index contributed by atoms with van der Waals surface area (Å²) in [5, 5.41) is 3.89. The van der Waals surface area contributed by atoms with Crippen molar-refractivity contribution >= 4 is 0 Å². The van der Waals surface area contributed by atoms with E-state index >= 15 is 0 Å². The highest BCUT2D eigenvalue weighted by molar-refractivity contribution is 5.02. The topological polar surface area (TPSA) is 18.5 Å². The van der Waals surface area contributed by atoms with Crippen LogP contribution in [0.3, 0.4) is 0 Å². The molecule has 122 valence electrons. The van der Waals surface area contributed by atoms with Gasteiger partial charge >= 0.3 is 0 Å². The Morgan fingerprint density at radius 2 is 1.86 bits per heavy atom. The summed E-state index contributed by atoms with van der Waals surface area (Å²) in [6.07, 6.45) is 8.32. The maximum atomic E-state index is 3.89. The Kier molecular flexibility index (Phi) is 4.92. The first-order valence-electron chi connectivity index (χ1n) is 9.33. The number of nitrogens with zero attached hydrogens (tertiary/aromatic N) is 2. The maximum absolute atomic E-state index is 3.89. The molecule has 0 aromatic rings. The molecule has 3 heteroatoms. The molecule has 2 heterocycles. The highest BCUT2D eigenvalue weighted by atomic mass is 15.3. The molecule has 1 aliphatic carbocycles. The van der Waals surface area contributed by atoms with Gasteiger partial charge in [-0.1, -0.05) is 27.2 Å². The van der Waals surface area contributed by atoms with E-state index in [1.165, 1.54) is 71.2 Å². The summed E-state index contributed by atoms with van der Waals surface area (Å²) in [4.78, 5) is 5.60. The van der Waals surface area contributed by atoms with E-state index in [4.69, 9.17) is 0 Å². The van der Waals surface area contributed by atoms with Crippen LogP contribution < -0.4 is 5.32 Å². The Morgan fingerprint density at radius 3 is 2.67 bits per heavy atom. The van der Waals surface area contributed by atoms with Crippen LogP contribution in [0.1, 0.15) is 59.3 Å². The maximum Gasteiger partial charge on any atom is 0.0274 e. The first-order chi connectivity index (χ1) is 10.1. The lowest BCUT2D eigenvalue weighted by atomic mass is 9.86. The van der Waals surface area contributed by atoms with E-state index in [-0.39, 0.29) is 0 Å². The van der Waals surface area contributed by atoms with Gasteiger partial charge in [-0.05, 0) is 50.6 Å². The second kappa shape index (κ2) is 6.55. The van der Waals surface area contributed by atoms with Crippen LogP contribution in [0.25, 0.3) is 0 Å². The number of nitrogens with one attached hydrogen (secondary N) is 1. The molecule has 0 bridgehead atoms. The molecule has 3 aliphatic rings. The first-order valence-corrected chi connectivity index (χ1v) is 9.33. The van der Waals surface area contributed by atoms with Gasteiger partial charge in [0.1, 0.15) is 0 Å². The van der Waals surface area contributed by atoms with Crippen molar-refractivity contribution in [2.75, 3.05) is 32.7 Å². The van der Waals surface area contributed by atoms with E-state index in [1.54, 1.807) is 0 Å². The van der Waals surface area contributed by atoms with Gasteiger partial charge in [0.15, 0.2) is 0 Å².